The van der Waals surface area contributed by atoms with Crippen molar-refractivity contribution >= 4 is 26.8 Å². The first-order chi connectivity index (χ1) is 10.9. The van der Waals surface area contributed by atoms with Crippen LogP contribution in [-0.2, 0) is 16.3 Å². The van der Waals surface area contributed by atoms with Crippen molar-refractivity contribution in [3.8, 4) is 11.5 Å². The van der Waals surface area contributed by atoms with Gasteiger partial charge in [-0.2, -0.15) is 0 Å². The Morgan fingerprint density at radius 3 is 2.70 bits per heavy atom. The van der Waals surface area contributed by atoms with Gasteiger partial charge in [0.05, 0.1) is 31.8 Å². The number of hydrogen-bond donors (Lipinski definition) is 1. The van der Waals surface area contributed by atoms with Crippen LogP contribution in [0.2, 0.25) is 0 Å². The molecule has 2 aliphatic heterocycles. The number of hydrogen-bond acceptors (Lipinski definition) is 6. The van der Waals surface area contributed by atoms with E-state index in [9.17, 15) is 8.42 Å². The summed E-state index contributed by atoms with van der Waals surface area (Å²) in [6, 6.07) is 5.70. The van der Waals surface area contributed by atoms with Gasteiger partial charge < -0.3 is 14.4 Å². The Kier molecular flexibility index (Phi) is 4.46. The minimum atomic E-state index is -2.96. The zero-order valence-electron chi connectivity index (χ0n) is 13.1. The van der Waals surface area contributed by atoms with Crippen molar-refractivity contribution in [3.63, 3.8) is 0 Å². The molecule has 3 rings (SSSR count). The van der Waals surface area contributed by atoms with E-state index in [2.05, 4.69) is 0 Å². The molecule has 1 N–H and O–H groups in total. The van der Waals surface area contributed by atoms with Crippen LogP contribution >= 0.6 is 11.8 Å². The van der Waals surface area contributed by atoms with Crippen LogP contribution in [0.3, 0.4) is 0 Å². The summed E-state index contributed by atoms with van der Waals surface area (Å²) in [5, 5.41) is 8.58. The highest BCUT2D eigenvalue weighted by Crippen LogP contribution is 2.37. The summed E-state index contributed by atoms with van der Waals surface area (Å²) in [6.45, 7) is 0.637. The van der Waals surface area contributed by atoms with Gasteiger partial charge in [-0.1, -0.05) is 17.8 Å². The Hall–Kier alpha value is -1.41. The molecule has 0 amide bonds. The molecule has 2 aliphatic rings. The summed E-state index contributed by atoms with van der Waals surface area (Å²) in [7, 11) is 0.238. The molecule has 126 valence electrons. The molecule has 0 spiro atoms. The first kappa shape index (κ1) is 16.4. The summed E-state index contributed by atoms with van der Waals surface area (Å²) >= 11 is 1.38. The predicted octanol–water partition coefficient (Wildman–Crippen LogP) is 1.40. The number of nitrogens with zero attached hydrogens (tertiary/aromatic N) is 1. The lowest BCUT2D eigenvalue weighted by Gasteiger charge is -2.23. The Balaban J connectivity index is 1.69. The third-order valence-corrected chi connectivity index (χ3v) is 7.45. The molecule has 1 aromatic rings. The maximum absolute atomic E-state index is 11.8. The predicted molar refractivity (Wildman–Crippen MR) is 91.5 cm³/mol. The minimum Gasteiger partial charge on any atom is -0.493 e. The quantitative estimate of drug-likeness (QED) is 0.859. The highest BCUT2D eigenvalue weighted by atomic mass is 32.2. The molecule has 23 heavy (non-hydrogen) atoms. The molecule has 0 aromatic heterocycles. The Labute approximate surface area is 140 Å². The molecular weight excluding hydrogens is 336 g/mol. The highest BCUT2D eigenvalue weighted by Gasteiger charge is 2.47. The Bertz CT molecular complexity index is 720. The summed E-state index contributed by atoms with van der Waals surface area (Å²) in [4.78, 5) is 1.93. The van der Waals surface area contributed by atoms with E-state index in [-0.39, 0.29) is 22.8 Å². The van der Waals surface area contributed by atoms with Crippen LogP contribution < -0.4 is 9.47 Å². The lowest BCUT2D eigenvalue weighted by molar-refractivity contribution is 0.351. The lowest BCUT2D eigenvalue weighted by atomic mass is 10.1. The molecule has 2 atom stereocenters. The summed E-state index contributed by atoms with van der Waals surface area (Å²) in [5.74, 6) is 1.72. The molecule has 2 heterocycles. The average molecular weight is 356 g/mol. The first-order valence-corrected chi connectivity index (χ1v) is 10.1. The second-order valence-corrected chi connectivity index (χ2v) is 9.12. The smallest absolute Gasteiger partial charge is 0.160 e. The molecule has 0 saturated carbocycles. The standard InChI is InChI=1S/C15H20N2O4S2/c1-20-12-4-3-10(7-13(12)21-2)5-6-17-11-8-23(18,19)9-14(11)22-15(17)16/h3-4,7,11,14,16H,5-6,8-9H2,1-2H3. The van der Waals surface area contributed by atoms with Crippen molar-refractivity contribution < 1.29 is 17.9 Å². The zero-order valence-corrected chi connectivity index (χ0v) is 14.7. The van der Waals surface area contributed by atoms with Gasteiger partial charge in [-0.25, -0.2) is 8.42 Å². The number of nitrogens with one attached hydrogen (secondary N) is 1. The Morgan fingerprint density at radius 2 is 2.00 bits per heavy atom. The Morgan fingerprint density at radius 1 is 1.26 bits per heavy atom. The summed E-state index contributed by atoms with van der Waals surface area (Å²) < 4.78 is 34.1. The average Bonchev–Trinajstić information content (AvgIpc) is 2.95. The third-order valence-electron chi connectivity index (χ3n) is 4.29. The van der Waals surface area contributed by atoms with E-state index in [0.29, 0.717) is 23.2 Å². The molecular formula is C15H20N2O4S2. The normalized spacial score (nSPS) is 25.5. The molecule has 2 fully saturated rings. The SMILES string of the molecule is COc1ccc(CCN2C(=N)SC3CS(=O)(=O)CC32)cc1OC. The monoisotopic (exact) mass is 356 g/mol. The van der Waals surface area contributed by atoms with Crippen molar-refractivity contribution in [1.29, 1.82) is 5.41 Å². The number of amidine groups is 1. The number of methoxy groups -OCH3 is 2. The van der Waals surface area contributed by atoms with Crippen LogP contribution in [0, 0.1) is 5.41 Å². The van der Waals surface area contributed by atoms with Crippen LogP contribution in [0.25, 0.3) is 0 Å². The summed E-state index contributed by atoms with van der Waals surface area (Å²) in [5.41, 5.74) is 1.07. The highest BCUT2D eigenvalue weighted by molar-refractivity contribution is 8.15. The van der Waals surface area contributed by atoms with Gasteiger partial charge in [0.2, 0.25) is 0 Å². The lowest BCUT2D eigenvalue weighted by Crippen LogP contribution is -2.38. The topological polar surface area (TPSA) is 79.7 Å². The maximum Gasteiger partial charge on any atom is 0.160 e. The van der Waals surface area contributed by atoms with Gasteiger partial charge in [0, 0.05) is 11.8 Å². The van der Waals surface area contributed by atoms with E-state index >= 15 is 0 Å². The van der Waals surface area contributed by atoms with Gasteiger partial charge in [-0.15, -0.1) is 0 Å². The van der Waals surface area contributed by atoms with Crippen LogP contribution in [-0.4, -0.2) is 62.0 Å². The van der Waals surface area contributed by atoms with Crippen molar-refractivity contribution in [2.75, 3.05) is 32.3 Å². The van der Waals surface area contributed by atoms with Crippen LogP contribution in [0.15, 0.2) is 18.2 Å². The third kappa shape index (κ3) is 3.28. The fourth-order valence-corrected chi connectivity index (χ4v) is 6.97. The first-order valence-electron chi connectivity index (χ1n) is 7.36. The van der Waals surface area contributed by atoms with Crippen LogP contribution in [0.4, 0.5) is 0 Å². The largest absolute Gasteiger partial charge is 0.493 e. The molecule has 2 unspecified atom stereocenters. The number of benzene rings is 1. The fraction of sp³-hybridized carbons (Fsp3) is 0.533. The number of ether oxygens (including phenoxy) is 2. The second kappa shape index (κ2) is 6.24. The van der Waals surface area contributed by atoms with E-state index in [0.717, 1.165) is 12.0 Å². The molecule has 0 bridgehead atoms. The molecule has 8 heteroatoms. The maximum atomic E-state index is 11.8. The van der Waals surface area contributed by atoms with Gasteiger partial charge in [0.1, 0.15) is 0 Å². The van der Waals surface area contributed by atoms with E-state index in [1.165, 1.54) is 11.8 Å². The van der Waals surface area contributed by atoms with Crippen LogP contribution in [0.5, 0.6) is 11.5 Å². The van der Waals surface area contributed by atoms with Crippen molar-refractivity contribution in [1.82, 2.24) is 4.90 Å². The van der Waals surface area contributed by atoms with Gasteiger partial charge in [-0.3, -0.25) is 5.41 Å². The second-order valence-electron chi connectivity index (χ2n) is 5.74. The number of thioether (sulfide) groups is 1. The van der Waals surface area contributed by atoms with Crippen molar-refractivity contribution in [2.45, 2.75) is 17.7 Å². The molecule has 2 saturated heterocycles. The molecule has 0 radical (unpaired) electrons. The van der Waals surface area contributed by atoms with Gasteiger partial charge in [0.15, 0.2) is 26.5 Å². The summed E-state index contributed by atoms with van der Waals surface area (Å²) in [6.07, 6.45) is 0.729. The van der Waals surface area contributed by atoms with Gasteiger partial charge in [0.25, 0.3) is 0 Å². The van der Waals surface area contributed by atoms with Crippen molar-refractivity contribution in [3.05, 3.63) is 23.8 Å². The van der Waals surface area contributed by atoms with Crippen LogP contribution in [0.1, 0.15) is 5.56 Å². The van der Waals surface area contributed by atoms with Gasteiger partial charge >= 0.3 is 0 Å². The van der Waals surface area contributed by atoms with Crippen molar-refractivity contribution in [2.24, 2.45) is 0 Å². The van der Waals surface area contributed by atoms with E-state index in [1.807, 2.05) is 23.1 Å². The minimum absolute atomic E-state index is 0.0119. The molecule has 0 aliphatic carbocycles. The number of sulfone groups is 1. The number of fused-ring (bicyclic) bond motifs is 1. The zero-order chi connectivity index (χ0) is 16.6. The number of rotatable bonds is 5. The van der Waals surface area contributed by atoms with E-state index in [1.54, 1.807) is 14.2 Å². The van der Waals surface area contributed by atoms with E-state index < -0.39 is 9.84 Å². The van der Waals surface area contributed by atoms with Gasteiger partial charge in [-0.05, 0) is 24.1 Å². The van der Waals surface area contributed by atoms with E-state index in [4.69, 9.17) is 14.9 Å². The fourth-order valence-electron chi connectivity index (χ4n) is 3.11. The molecule has 1 aromatic carbocycles. The molecule has 6 nitrogen and oxygen atoms in total.